The Morgan fingerprint density at radius 2 is 1.74 bits per heavy atom. The van der Waals surface area contributed by atoms with E-state index < -0.39 is 9.84 Å². The van der Waals surface area contributed by atoms with Crippen LogP contribution in [-0.4, -0.2) is 25.3 Å². The summed E-state index contributed by atoms with van der Waals surface area (Å²) >= 11 is 3.63. The second-order valence-corrected chi connectivity index (χ2v) is 10.3. The Hall–Kier alpha value is 0.430. The third-order valence-corrected chi connectivity index (χ3v) is 7.83. The van der Waals surface area contributed by atoms with Crippen LogP contribution >= 0.6 is 15.9 Å². The predicted molar refractivity (Wildman–Crippen MR) is 86.6 cm³/mol. The average Bonchev–Trinajstić information content (AvgIpc) is 2.36. The van der Waals surface area contributed by atoms with Crippen LogP contribution in [0.15, 0.2) is 0 Å². The fourth-order valence-corrected chi connectivity index (χ4v) is 4.94. The number of hydrogen-bond acceptors (Lipinski definition) is 2. The number of rotatable bonds is 5. The first-order valence-electron chi connectivity index (χ1n) is 7.40. The lowest BCUT2D eigenvalue weighted by Gasteiger charge is -2.43. The summed E-state index contributed by atoms with van der Waals surface area (Å²) in [5.41, 5.74) is 0.595. The van der Waals surface area contributed by atoms with E-state index in [1.54, 1.807) is 6.92 Å². The lowest BCUT2D eigenvalue weighted by Crippen LogP contribution is -2.35. The van der Waals surface area contributed by atoms with Crippen molar-refractivity contribution in [3.63, 3.8) is 0 Å². The van der Waals surface area contributed by atoms with Crippen molar-refractivity contribution >= 4 is 25.8 Å². The minimum absolute atomic E-state index is 0.212. The smallest absolute Gasteiger partial charge is 0.150 e. The molecule has 0 unspecified atom stereocenters. The van der Waals surface area contributed by atoms with E-state index in [0.717, 1.165) is 17.7 Å². The molecular formula is C15H29BrO2S. The molecule has 1 aliphatic carbocycles. The summed E-state index contributed by atoms with van der Waals surface area (Å²) in [6, 6.07) is 0. The van der Waals surface area contributed by atoms with Crippen LogP contribution in [0.3, 0.4) is 0 Å². The lowest BCUT2D eigenvalue weighted by molar-refractivity contribution is 0.101. The summed E-state index contributed by atoms with van der Waals surface area (Å²) in [4.78, 5) is 0. The van der Waals surface area contributed by atoms with Crippen molar-refractivity contribution in [2.75, 3.05) is 16.8 Å². The summed E-state index contributed by atoms with van der Waals surface area (Å²) in [7, 11) is -2.83. The largest absolute Gasteiger partial charge is 0.229 e. The van der Waals surface area contributed by atoms with Crippen LogP contribution in [0, 0.1) is 16.7 Å². The van der Waals surface area contributed by atoms with E-state index >= 15 is 0 Å². The van der Waals surface area contributed by atoms with E-state index in [0.29, 0.717) is 11.2 Å². The van der Waals surface area contributed by atoms with Crippen LogP contribution < -0.4 is 0 Å². The first kappa shape index (κ1) is 17.5. The first-order chi connectivity index (χ1) is 8.64. The van der Waals surface area contributed by atoms with Crippen LogP contribution in [0.2, 0.25) is 0 Å². The molecule has 0 heterocycles. The van der Waals surface area contributed by atoms with Crippen LogP contribution in [-0.2, 0) is 9.84 Å². The van der Waals surface area contributed by atoms with Gasteiger partial charge in [0, 0.05) is 11.1 Å². The fourth-order valence-electron chi connectivity index (χ4n) is 3.06. The van der Waals surface area contributed by atoms with Crippen molar-refractivity contribution in [1.82, 2.24) is 0 Å². The highest BCUT2D eigenvalue weighted by Crippen LogP contribution is 2.47. The maximum Gasteiger partial charge on any atom is 0.150 e. The Morgan fingerprint density at radius 3 is 2.11 bits per heavy atom. The van der Waals surface area contributed by atoms with Gasteiger partial charge in [0.25, 0.3) is 0 Å². The molecule has 0 aliphatic heterocycles. The van der Waals surface area contributed by atoms with Crippen molar-refractivity contribution in [1.29, 1.82) is 0 Å². The minimum atomic E-state index is -2.83. The molecule has 19 heavy (non-hydrogen) atoms. The second kappa shape index (κ2) is 6.46. The molecule has 1 rings (SSSR count). The van der Waals surface area contributed by atoms with Gasteiger partial charge in [-0.3, -0.25) is 0 Å². The zero-order valence-electron chi connectivity index (χ0n) is 12.8. The minimum Gasteiger partial charge on any atom is -0.229 e. The molecule has 0 aromatic heterocycles. The first-order valence-corrected chi connectivity index (χ1v) is 10.3. The molecular weight excluding hydrogens is 324 g/mol. The Morgan fingerprint density at radius 1 is 1.21 bits per heavy atom. The zero-order valence-corrected chi connectivity index (χ0v) is 15.2. The molecule has 1 fully saturated rings. The summed E-state index contributed by atoms with van der Waals surface area (Å²) in [6.07, 6.45) is 5.63. The molecule has 0 radical (unpaired) electrons. The van der Waals surface area contributed by atoms with E-state index in [-0.39, 0.29) is 11.2 Å². The van der Waals surface area contributed by atoms with Crippen molar-refractivity contribution in [3.8, 4) is 0 Å². The van der Waals surface area contributed by atoms with Gasteiger partial charge in [0.05, 0.1) is 5.75 Å². The SMILES string of the molecule is CCS(=O)(=O)CCC1(CBr)CCC(C(C)(C)C)CC1. The van der Waals surface area contributed by atoms with Gasteiger partial charge in [-0.05, 0) is 48.9 Å². The molecule has 4 heteroatoms. The molecule has 0 N–H and O–H groups in total. The number of hydrogen-bond donors (Lipinski definition) is 0. The highest BCUT2D eigenvalue weighted by Gasteiger charge is 2.38. The zero-order chi connectivity index (χ0) is 14.7. The van der Waals surface area contributed by atoms with E-state index in [9.17, 15) is 8.42 Å². The molecule has 0 aromatic rings. The third kappa shape index (κ3) is 5.04. The van der Waals surface area contributed by atoms with Gasteiger partial charge in [0.1, 0.15) is 9.84 Å². The van der Waals surface area contributed by atoms with Crippen molar-refractivity contribution < 1.29 is 8.42 Å². The molecule has 2 nitrogen and oxygen atoms in total. The monoisotopic (exact) mass is 352 g/mol. The third-order valence-electron chi connectivity index (χ3n) is 4.94. The predicted octanol–water partition coefficient (Wildman–Crippen LogP) is 4.43. The van der Waals surface area contributed by atoms with Gasteiger partial charge in [0.2, 0.25) is 0 Å². The summed E-state index contributed by atoms with van der Waals surface area (Å²) in [6.45, 7) is 8.70. The molecule has 0 saturated heterocycles. The molecule has 1 aliphatic rings. The quantitative estimate of drug-likeness (QED) is 0.685. The molecule has 114 valence electrons. The van der Waals surface area contributed by atoms with E-state index in [1.165, 1.54) is 25.7 Å². The van der Waals surface area contributed by atoms with Gasteiger partial charge < -0.3 is 0 Å². The molecule has 0 spiro atoms. The molecule has 1 saturated carbocycles. The Bertz CT molecular complexity index is 373. The van der Waals surface area contributed by atoms with Crippen LogP contribution in [0.4, 0.5) is 0 Å². The Kier molecular flexibility index (Phi) is 5.95. The highest BCUT2D eigenvalue weighted by atomic mass is 79.9. The average molecular weight is 353 g/mol. The number of sulfone groups is 1. The van der Waals surface area contributed by atoms with Gasteiger partial charge in [-0.15, -0.1) is 0 Å². The summed E-state index contributed by atoms with van der Waals surface area (Å²) in [5, 5.41) is 0.941. The van der Waals surface area contributed by atoms with Gasteiger partial charge in [-0.2, -0.15) is 0 Å². The lowest BCUT2D eigenvalue weighted by atomic mass is 9.64. The summed E-state index contributed by atoms with van der Waals surface area (Å²) in [5.74, 6) is 1.41. The highest BCUT2D eigenvalue weighted by molar-refractivity contribution is 9.09. The van der Waals surface area contributed by atoms with Gasteiger partial charge in [0.15, 0.2) is 0 Å². The molecule has 0 bridgehead atoms. The van der Waals surface area contributed by atoms with E-state index in [4.69, 9.17) is 0 Å². The number of alkyl halides is 1. The maximum atomic E-state index is 11.7. The van der Waals surface area contributed by atoms with Crippen LogP contribution in [0.1, 0.15) is 59.8 Å². The second-order valence-electron chi connectivity index (χ2n) is 7.26. The normalized spacial score (nSPS) is 29.4. The van der Waals surface area contributed by atoms with E-state index in [2.05, 4.69) is 36.7 Å². The molecule has 0 atom stereocenters. The van der Waals surface area contributed by atoms with Crippen molar-refractivity contribution in [2.45, 2.75) is 59.8 Å². The van der Waals surface area contributed by atoms with Gasteiger partial charge in [-0.25, -0.2) is 8.42 Å². The number of halogens is 1. The topological polar surface area (TPSA) is 34.1 Å². The molecule has 0 aromatic carbocycles. The van der Waals surface area contributed by atoms with Crippen LogP contribution in [0.5, 0.6) is 0 Å². The Balaban J connectivity index is 2.61. The van der Waals surface area contributed by atoms with Crippen molar-refractivity contribution in [3.05, 3.63) is 0 Å². The molecule has 0 amide bonds. The van der Waals surface area contributed by atoms with Crippen LogP contribution in [0.25, 0.3) is 0 Å². The van der Waals surface area contributed by atoms with Crippen molar-refractivity contribution in [2.24, 2.45) is 16.7 Å². The Labute approximate surface area is 127 Å². The summed E-state index contributed by atoms with van der Waals surface area (Å²) < 4.78 is 23.4. The standard InChI is InChI=1S/C15H29BrO2S/c1-5-19(17,18)11-10-15(12-16)8-6-13(7-9-15)14(2,3)4/h13H,5-12H2,1-4H3. The maximum absolute atomic E-state index is 11.7. The van der Waals surface area contributed by atoms with Gasteiger partial charge >= 0.3 is 0 Å². The fraction of sp³-hybridized carbons (Fsp3) is 1.00. The van der Waals surface area contributed by atoms with E-state index in [1.807, 2.05) is 0 Å². The van der Waals surface area contributed by atoms with Gasteiger partial charge in [-0.1, -0.05) is 43.6 Å².